The van der Waals surface area contributed by atoms with Crippen LogP contribution in [0.4, 0.5) is 0 Å². The number of hydrogen-bond donors (Lipinski definition) is 3. The SMILES string of the molecule is CN(C)CCNC(=O)Cn1nc(-c2ccccc2)c2c(Cl)c(-c3ccccc3)nnc21.Clc1c(-c2ccccc2)nnc2n[nH]c(C3CC3)c12.O=C(Cn1nc(C2CC2)c2c(Cl)c(-c3ccccc3)nnc21)N1CCCC1.OCCn1nc(C2CC2)c2c(Cl)c(-c3ccccc3)nnc21. The van der Waals surface area contributed by atoms with Crippen molar-refractivity contribution in [2.45, 2.75) is 88.8 Å². The van der Waals surface area contributed by atoms with Crippen molar-refractivity contribution in [1.82, 2.24) is 95.4 Å². The monoisotopic (exact) mass is 1400 g/mol. The lowest BCUT2D eigenvalue weighted by Crippen LogP contribution is -2.33. The fraction of sp³-hybridized carbons (Fsp3) is 0.288. The van der Waals surface area contributed by atoms with E-state index in [0.717, 1.165) is 125 Å². The third kappa shape index (κ3) is 14.6. The molecule has 0 bridgehead atoms. The van der Waals surface area contributed by atoms with Gasteiger partial charge in [0.25, 0.3) is 0 Å². The third-order valence-electron chi connectivity index (χ3n) is 17.7. The van der Waals surface area contributed by atoms with E-state index in [4.69, 9.17) is 56.6 Å². The van der Waals surface area contributed by atoms with E-state index in [9.17, 15) is 14.7 Å². The van der Waals surface area contributed by atoms with Crippen molar-refractivity contribution in [1.29, 1.82) is 0 Å². The minimum Gasteiger partial charge on any atom is -0.394 e. The summed E-state index contributed by atoms with van der Waals surface area (Å²) in [4.78, 5) is 29.0. The number of aliphatic hydroxyl groups is 1. The molecule has 0 unspecified atom stereocenters. The first kappa shape index (κ1) is 66.5. The predicted octanol–water partition coefficient (Wildman–Crippen LogP) is 13.7. The number of aromatic amines is 1. The Morgan fingerprint density at radius 3 is 1.32 bits per heavy atom. The smallest absolute Gasteiger partial charge is 0.244 e. The number of benzene rings is 5. The molecule has 17 rings (SSSR count). The second-order valence-corrected chi connectivity index (χ2v) is 26.7. The summed E-state index contributed by atoms with van der Waals surface area (Å²) in [6.45, 7) is 3.62. The van der Waals surface area contributed by atoms with Gasteiger partial charge in [-0.2, -0.15) is 20.4 Å². The standard InChI is InChI=1S/C23H23ClN6O.C20H20ClN5O.C16H15ClN4O.C14H11ClN4/c1-29(2)14-13-25-18(31)15-30-23-19(21(28-30)16-9-5-3-6-10-16)20(24)22(26-27-23)17-11-7-4-8-12-17;21-17-16-18(14-8-9-14)24-26(12-15(27)25-10-4-5-11-25)20(16)23-22-19(17)13-6-2-1-3-7-13;17-13-12-14(11-6-7-11)20-21(8-9-22)16(12)19-18-15(13)10-4-2-1-3-5-10;15-11-10-12(9-6-7-9)16-18-14(10)19-17-13(11)8-4-2-1-3-5-8/h3-12H,13-15H2,1-2H3,(H,25,31);1-3,6-7,14H,4-5,8-12H2;1-5,11,22H,6-9H2;1-5,9H,6-7H2,(H,16,18,19). The van der Waals surface area contributed by atoms with Crippen molar-refractivity contribution in [3.05, 3.63) is 189 Å². The number of aliphatic hydroxyl groups excluding tert-OH is 1. The first-order valence-corrected chi connectivity index (χ1v) is 34.7. The van der Waals surface area contributed by atoms with Crippen LogP contribution in [0.2, 0.25) is 20.1 Å². The summed E-state index contributed by atoms with van der Waals surface area (Å²) in [6, 6.07) is 48.9. The Balaban J connectivity index is 0.000000114. The van der Waals surface area contributed by atoms with E-state index in [-0.39, 0.29) is 31.5 Å². The van der Waals surface area contributed by atoms with Gasteiger partial charge in [0.2, 0.25) is 17.5 Å². The van der Waals surface area contributed by atoms with Gasteiger partial charge in [-0.3, -0.25) is 14.7 Å². The molecule has 3 saturated carbocycles. The van der Waals surface area contributed by atoms with Crippen LogP contribution in [0.3, 0.4) is 0 Å². The Bertz CT molecular complexity index is 5020. The van der Waals surface area contributed by atoms with Crippen LogP contribution in [0, 0.1) is 0 Å². The minimum absolute atomic E-state index is 0.0145. The van der Waals surface area contributed by atoms with Gasteiger partial charge in [-0.25, -0.2) is 14.0 Å². The number of hydrogen-bond acceptors (Lipinski definition) is 16. The summed E-state index contributed by atoms with van der Waals surface area (Å²) in [5.41, 5.74) is 13.3. The fourth-order valence-electron chi connectivity index (χ4n) is 12.1. The number of rotatable bonds is 17. The molecule has 8 aromatic heterocycles. The maximum absolute atomic E-state index is 12.6. The summed E-state index contributed by atoms with van der Waals surface area (Å²) >= 11 is 26.8. The summed E-state index contributed by atoms with van der Waals surface area (Å²) in [6.07, 6.45) is 9.00. The van der Waals surface area contributed by atoms with Crippen molar-refractivity contribution in [3.8, 4) is 56.3 Å². The predicted molar refractivity (Wildman–Crippen MR) is 385 cm³/mol. The van der Waals surface area contributed by atoms with Gasteiger partial charge in [-0.1, -0.05) is 198 Å². The van der Waals surface area contributed by atoms with E-state index < -0.39 is 0 Å². The van der Waals surface area contributed by atoms with E-state index >= 15 is 0 Å². The molecule has 99 heavy (non-hydrogen) atoms. The largest absolute Gasteiger partial charge is 0.394 e. The molecule has 5 aromatic carbocycles. The Hall–Kier alpha value is -9.68. The first-order chi connectivity index (χ1) is 48.4. The number of aromatic nitrogens is 16. The number of H-pyrrole nitrogens is 1. The quantitative estimate of drug-likeness (QED) is 0.0765. The summed E-state index contributed by atoms with van der Waals surface area (Å²) in [5, 5.41) is 73.6. The normalized spacial score (nSPS) is 14.3. The fourth-order valence-corrected chi connectivity index (χ4v) is 13.5. The second-order valence-electron chi connectivity index (χ2n) is 25.2. The van der Waals surface area contributed by atoms with E-state index in [1.807, 2.05) is 176 Å². The number of nitrogens with one attached hydrogen (secondary N) is 2. The lowest BCUT2D eigenvalue weighted by Gasteiger charge is -2.15. The van der Waals surface area contributed by atoms with Crippen LogP contribution in [0.1, 0.15) is 86.2 Å². The zero-order chi connectivity index (χ0) is 68.1. The van der Waals surface area contributed by atoms with Gasteiger partial charge in [-0.05, 0) is 65.5 Å². The number of nitrogens with zero attached hydrogens (tertiary/aromatic N) is 17. The van der Waals surface area contributed by atoms with Gasteiger partial charge in [0.1, 0.15) is 41.6 Å². The number of carbonyl (C=O) groups is 2. The molecule has 0 spiro atoms. The van der Waals surface area contributed by atoms with Crippen LogP contribution >= 0.6 is 46.4 Å². The van der Waals surface area contributed by atoms with E-state index in [1.54, 1.807) is 14.0 Å². The third-order valence-corrected chi connectivity index (χ3v) is 19.1. The Morgan fingerprint density at radius 2 is 0.879 bits per heavy atom. The molecule has 4 aliphatic rings. The molecule has 502 valence electrons. The molecule has 2 amide bonds. The molecule has 0 atom stereocenters. The highest BCUT2D eigenvalue weighted by Crippen LogP contribution is 2.48. The van der Waals surface area contributed by atoms with Crippen LogP contribution in [0.5, 0.6) is 0 Å². The Kier molecular flexibility index (Phi) is 20.0. The number of likely N-dealkylation sites (tertiary alicyclic amines) is 1. The second kappa shape index (κ2) is 29.8. The molecular weight excluding hydrogens is 1330 g/mol. The maximum atomic E-state index is 12.6. The van der Waals surface area contributed by atoms with Gasteiger partial charge < -0.3 is 20.2 Å². The van der Waals surface area contributed by atoms with Crippen molar-refractivity contribution in [2.75, 3.05) is 46.9 Å². The van der Waals surface area contributed by atoms with Gasteiger partial charge >= 0.3 is 0 Å². The van der Waals surface area contributed by atoms with Crippen LogP contribution in [-0.2, 0) is 29.2 Å². The van der Waals surface area contributed by atoms with E-state index in [1.165, 1.54) is 12.8 Å². The molecular formula is C73H69Cl4N19O3. The number of carbonyl (C=O) groups excluding carboxylic acids is 2. The molecule has 4 fully saturated rings. The van der Waals surface area contributed by atoms with Crippen LogP contribution in [0.15, 0.2) is 152 Å². The summed E-state index contributed by atoms with van der Waals surface area (Å²) < 4.78 is 4.96. The number of halogens is 4. The van der Waals surface area contributed by atoms with E-state index in [0.29, 0.717) is 102 Å². The molecule has 13 aromatic rings. The Morgan fingerprint density at radius 1 is 0.485 bits per heavy atom. The van der Waals surface area contributed by atoms with Gasteiger partial charge in [-0.15, -0.1) is 40.8 Å². The van der Waals surface area contributed by atoms with Gasteiger partial charge in [0.05, 0.1) is 66.2 Å². The van der Waals surface area contributed by atoms with Crippen LogP contribution in [-0.4, -0.2) is 154 Å². The lowest BCUT2D eigenvalue weighted by atomic mass is 10.1. The van der Waals surface area contributed by atoms with Crippen molar-refractivity contribution in [3.63, 3.8) is 0 Å². The molecule has 26 heteroatoms. The highest BCUT2D eigenvalue weighted by Gasteiger charge is 2.35. The highest BCUT2D eigenvalue weighted by molar-refractivity contribution is 6.40. The molecule has 1 saturated heterocycles. The molecule has 3 N–H and O–H groups in total. The maximum Gasteiger partial charge on any atom is 0.244 e. The van der Waals surface area contributed by atoms with Gasteiger partial charge in [0, 0.05) is 77.4 Å². The van der Waals surface area contributed by atoms with E-state index in [2.05, 4.69) is 61.4 Å². The highest BCUT2D eigenvalue weighted by atomic mass is 35.5. The summed E-state index contributed by atoms with van der Waals surface area (Å²) in [5.74, 6) is 1.35. The van der Waals surface area contributed by atoms with Crippen LogP contribution in [0.25, 0.3) is 100 Å². The topological polar surface area (TPSA) is 258 Å². The molecule has 3 aliphatic carbocycles. The number of amides is 2. The minimum atomic E-state index is -0.143. The first-order valence-electron chi connectivity index (χ1n) is 33.2. The average Bonchev–Trinajstić information content (AvgIpc) is 1.63. The number of fused-ring (bicyclic) bond motifs is 4. The summed E-state index contributed by atoms with van der Waals surface area (Å²) in [7, 11) is 3.92. The van der Waals surface area contributed by atoms with Crippen molar-refractivity contribution >= 4 is 102 Å². The molecule has 9 heterocycles. The number of likely N-dealkylation sites (N-methyl/N-ethyl adjacent to an activating group) is 1. The average molecular weight is 1400 g/mol. The molecule has 22 nitrogen and oxygen atoms in total. The zero-order valence-electron chi connectivity index (χ0n) is 54.4. The lowest BCUT2D eigenvalue weighted by molar-refractivity contribution is -0.130. The van der Waals surface area contributed by atoms with Crippen molar-refractivity contribution < 1.29 is 14.7 Å². The zero-order valence-corrected chi connectivity index (χ0v) is 57.4. The molecule has 0 radical (unpaired) electrons. The van der Waals surface area contributed by atoms with Crippen LogP contribution < -0.4 is 5.32 Å². The van der Waals surface area contributed by atoms with Gasteiger partial charge in [0.15, 0.2) is 16.9 Å². The van der Waals surface area contributed by atoms with Crippen molar-refractivity contribution in [2.24, 2.45) is 0 Å². The molecule has 1 aliphatic heterocycles. The Labute approximate surface area is 589 Å².